The normalized spacial score (nSPS) is 31.0. The van der Waals surface area contributed by atoms with Crippen LogP contribution in [-0.4, -0.2) is 19.4 Å². The average molecular weight is 359 g/mol. The van der Waals surface area contributed by atoms with Crippen LogP contribution in [0.15, 0.2) is 54.1 Å². The van der Waals surface area contributed by atoms with E-state index in [9.17, 15) is 8.42 Å². The van der Waals surface area contributed by atoms with Gasteiger partial charge in [-0.1, -0.05) is 75.2 Å². The highest BCUT2D eigenvalue weighted by Crippen LogP contribution is 2.49. The second-order valence-electron chi connectivity index (χ2n) is 7.75. The second kappa shape index (κ2) is 7.49. The van der Waals surface area contributed by atoms with Crippen LogP contribution in [0, 0.1) is 5.41 Å². The molecule has 1 aromatic rings. The molecule has 3 heteroatoms. The molecule has 0 bridgehead atoms. The lowest BCUT2D eigenvalue weighted by molar-refractivity contribution is 0.247. The van der Waals surface area contributed by atoms with Crippen molar-refractivity contribution in [3.8, 4) is 0 Å². The Morgan fingerprint density at radius 2 is 1.92 bits per heavy atom. The van der Waals surface area contributed by atoms with Gasteiger partial charge in [0.1, 0.15) is 0 Å². The van der Waals surface area contributed by atoms with Crippen molar-refractivity contribution in [2.24, 2.45) is 5.41 Å². The van der Waals surface area contributed by atoms with Crippen LogP contribution in [0.4, 0.5) is 0 Å². The molecule has 25 heavy (non-hydrogen) atoms. The van der Waals surface area contributed by atoms with E-state index < -0.39 is 9.84 Å². The Morgan fingerprint density at radius 1 is 1.16 bits per heavy atom. The van der Waals surface area contributed by atoms with Gasteiger partial charge in [0.2, 0.25) is 0 Å². The number of sulfone groups is 1. The minimum atomic E-state index is -3.13. The highest BCUT2D eigenvalue weighted by molar-refractivity contribution is 7.92. The molecular formula is C22H30O2S. The fourth-order valence-electron chi connectivity index (χ4n) is 4.60. The fourth-order valence-corrected chi connectivity index (χ4v) is 7.18. The van der Waals surface area contributed by atoms with Gasteiger partial charge in [-0.2, -0.15) is 0 Å². The van der Waals surface area contributed by atoms with Crippen LogP contribution in [0.3, 0.4) is 0 Å². The van der Waals surface area contributed by atoms with E-state index in [1.807, 2.05) is 18.2 Å². The largest absolute Gasteiger partial charge is 0.228 e. The molecule has 3 rings (SSSR count). The summed E-state index contributed by atoms with van der Waals surface area (Å²) < 4.78 is 26.6. The van der Waals surface area contributed by atoms with Crippen molar-refractivity contribution in [3.05, 3.63) is 59.7 Å². The first-order valence-electron chi connectivity index (χ1n) is 9.64. The lowest BCUT2D eigenvalue weighted by atomic mass is 9.70. The number of benzene rings is 1. The topological polar surface area (TPSA) is 34.1 Å². The molecule has 1 aliphatic carbocycles. The van der Waals surface area contributed by atoms with E-state index >= 15 is 0 Å². The van der Waals surface area contributed by atoms with E-state index in [-0.39, 0.29) is 16.6 Å². The summed E-state index contributed by atoms with van der Waals surface area (Å²) in [4.78, 5) is 0. The van der Waals surface area contributed by atoms with Gasteiger partial charge in [-0.05, 0) is 42.2 Å². The molecule has 1 saturated heterocycles. The van der Waals surface area contributed by atoms with Crippen molar-refractivity contribution in [1.29, 1.82) is 0 Å². The van der Waals surface area contributed by atoms with E-state index in [1.165, 1.54) is 5.56 Å². The monoisotopic (exact) mass is 358 g/mol. The quantitative estimate of drug-likeness (QED) is 0.703. The summed E-state index contributed by atoms with van der Waals surface area (Å²) in [5.74, 6) is 0.556. The van der Waals surface area contributed by atoms with Crippen molar-refractivity contribution in [2.45, 2.75) is 63.5 Å². The predicted molar refractivity (Wildman–Crippen MR) is 105 cm³/mol. The first-order chi connectivity index (χ1) is 12.0. The van der Waals surface area contributed by atoms with Crippen LogP contribution >= 0.6 is 0 Å². The average Bonchev–Trinajstić information content (AvgIpc) is 2.74. The first-order valence-corrected chi connectivity index (χ1v) is 11.4. The van der Waals surface area contributed by atoms with Crippen molar-refractivity contribution in [1.82, 2.24) is 0 Å². The summed E-state index contributed by atoms with van der Waals surface area (Å²) in [6.07, 6.45) is 11.9. The minimum absolute atomic E-state index is 0.104. The molecule has 1 heterocycles. The fraction of sp³-hybridized carbons (Fsp3) is 0.545. The molecule has 0 radical (unpaired) electrons. The SMILES string of the molecule is CCCCC1(CC)C[C@H](c2ccccc2)C2=CC=CCC2S(=O)(=O)C1. The number of allylic oxidation sites excluding steroid dienone is 3. The van der Waals surface area contributed by atoms with Crippen LogP contribution in [0.25, 0.3) is 0 Å². The molecule has 0 amide bonds. The summed E-state index contributed by atoms with van der Waals surface area (Å²) in [5, 5.41) is -0.335. The number of hydrogen-bond donors (Lipinski definition) is 0. The van der Waals surface area contributed by atoms with Crippen molar-refractivity contribution in [2.75, 3.05) is 5.75 Å². The van der Waals surface area contributed by atoms with E-state index in [2.05, 4.69) is 44.2 Å². The minimum Gasteiger partial charge on any atom is -0.228 e. The Bertz CT molecular complexity index is 745. The van der Waals surface area contributed by atoms with Gasteiger partial charge in [-0.15, -0.1) is 0 Å². The van der Waals surface area contributed by atoms with Gasteiger partial charge in [0.25, 0.3) is 0 Å². The van der Waals surface area contributed by atoms with Crippen LogP contribution in [-0.2, 0) is 9.84 Å². The molecule has 3 atom stereocenters. The summed E-state index contributed by atoms with van der Waals surface area (Å²) in [6, 6.07) is 10.5. The zero-order chi connectivity index (χ0) is 17.9. The lowest BCUT2D eigenvalue weighted by Crippen LogP contribution is -2.32. The highest BCUT2D eigenvalue weighted by Gasteiger charge is 2.46. The van der Waals surface area contributed by atoms with Gasteiger partial charge in [-0.3, -0.25) is 0 Å². The van der Waals surface area contributed by atoms with Gasteiger partial charge in [0.05, 0.1) is 11.0 Å². The molecule has 0 spiro atoms. The van der Waals surface area contributed by atoms with Gasteiger partial charge < -0.3 is 0 Å². The summed E-state index contributed by atoms with van der Waals surface area (Å²) >= 11 is 0. The lowest BCUT2D eigenvalue weighted by Gasteiger charge is -2.34. The summed E-state index contributed by atoms with van der Waals surface area (Å²) in [6.45, 7) is 4.37. The zero-order valence-corrected chi connectivity index (χ0v) is 16.3. The number of unbranched alkanes of at least 4 members (excludes halogenated alkanes) is 1. The Balaban J connectivity index is 2.10. The van der Waals surface area contributed by atoms with Crippen LogP contribution in [0.1, 0.15) is 63.9 Å². The summed E-state index contributed by atoms with van der Waals surface area (Å²) in [7, 11) is -3.13. The molecule has 136 valence electrons. The van der Waals surface area contributed by atoms with Gasteiger partial charge in [0.15, 0.2) is 9.84 Å². The van der Waals surface area contributed by atoms with Crippen LogP contribution in [0.5, 0.6) is 0 Å². The molecule has 1 fully saturated rings. The Morgan fingerprint density at radius 3 is 2.60 bits per heavy atom. The highest BCUT2D eigenvalue weighted by atomic mass is 32.2. The second-order valence-corrected chi connectivity index (χ2v) is 9.93. The maximum atomic E-state index is 13.3. The molecule has 1 aliphatic heterocycles. The summed E-state index contributed by atoms with van der Waals surface area (Å²) in [5.41, 5.74) is 2.27. The van der Waals surface area contributed by atoms with Crippen molar-refractivity contribution >= 4 is 9.84 Å². The molecule has 2 aliphatic rings. The van der Waals surface area contributed by atoms with Crippen molar-refractivity contribution in [3.63, 3.8) is 0 Å². The predicted octanol–water partition coefficient (Wildman–Crippen LogP) is 5.43. The van der Waals surface area contributed by atoms with E-state index in [1.54, 1.807) is 0 Å². The molecule has 2 nitrogen and oxygen atoms in total. The molecule has 2 unspecified atom stereocenters. The molecule has 0 saturated carbocycles. The van der Waals surface area contributed by atoms with Gasteiger partial charge in [0, 0.05) is 5.92 Å². The third kappa shape index (κ3) is 3.76. The molecule has 1 aromatic carbocycles. The number of rotatable bonds is 5. The third-order valence-electron chi connectivity index (χ3n) is 6.14. The smallest absolute Gasteiger partial charge is 0.157 e. The standard InChI is InChI=1S/C22H30O2S/c1-3-5-15-22(4-2)16-20(18-11-7-6-8-12-18)19-13-9-10-14-21(19)25(23,24)17-22/h6-13,20-21H,3-5,14-17H2,1-2H3/t20-,21?,22?/m1/s1. The Hall–Kier alpha value is -1.35. The maximum Gasteiger partial charge on any atom is 0.157 e. The maximum absolute atomic E-state index is 13.3. The van der Waals surface area contributed by atoms with Crippen LogP contribution in [0.2, 0.25) is 0 Å². The van der Waals surface area contributed by atoms with E-state index in [0.717, 1.165) is 37.7 Å². The molecule has 0 N–H and O–H groups in total. The number of fused-ring (bicyclic) bond motifs is 1. The number of hydrogen-bond acceptors (Lipinski definition) is 2. The van der Waals surface area contributed by atoms with Gasteiger partial charge in [-0.25, -0.2) is 8.42 Å². The first kappa shape index (κ1) is 18.4. The third-order valence-corrected chi connectivity index (χ3v) is 8.49. The Kier molecular flexibility index (Phi) is 5.52. The van der Waals surface area contributed by atoms with E-state index in [4.69, 9.17) is 0 Å². The van der Waals surface area contributed by atoms with Crippen molar-refractivity contribution < 1.29 is 8.42 Å². The van der Waals surface area contributed by atoms with Crippen LogP contribution < -0.4 is 0 Å². The Labute approximate surface area is 153 Å². The van der Waals surface area contributed by atoms with Gasteiger partial charge >= 0.3 is 0 Å². The molecular weight excluding hydrogens is 328 g/mol. The zero-order valence-electron chi connectivity index (χ0n) is 15.4. The molecule has 0 aromatic heterocycles. The van der Waals surface area contributed by atoms with E-state index in [0.29, 0.717) is 12.2 Å².